The van der Waals surface area contributed by atoms with Crippen LogP contribution in [0.25, 0.3) is 0 Å². The zero-order valence-corrected chi connectivity index (χ0v) is 13.7. The van der Waals surface area contributed by atoms with Crippen molar-refractivity contribution in [2.24, 2.45) is 11.8 Å². The molecule has 114 valence electrons. The van der Waals surface area contributed by atoms with Gasteiger partial charge in [-0.3, -0.25) is 0 Å². The SMILES string of the molecule is CC1CC(C)CN(C(=O)Nc2cc(Br)cc(C(=O)O)c2)C1. The lowest BCUT2D eigenvalue weighted by Crippen LogP contribution is -2.44. The minimum atomic E-state index is -1.02. The van der Waals surface area contributed by atoms with Crippen molar-refractivity contribution < 1.29 is 14.7 Å². The molecule has 0 aliphatic carbocycles. The van der Waals surface area contributed by atoms with E-state index in [2.05, 4.69) is 35.1 Å². The number of amides is 2. The zero-order valence-electron chi connectivity index (χ0n) is 12.1. The third-order valence-corrected chi connectivity index (χ3v) is 4.01. The van der Waals surface area contributed by atoms with Gasteiger partial charge in [0, 0.05) is 23.2 Å². The molecule has 2 N–H and O–H groups in total. The highest BCUT2D eigenvalue weighted by molar-refractivity contribution is 9.10. The highest BCUT2D eigenvalue weighted by atomic mass is 79.9. The molecule has 1 aliphatic heterocycles. The van der Waals surface area contributed by atoms with Gasteiger partial charge < -0.3 is 15.3 Å². The zero-order chi connectivity index (χ0) is 15.6. The third kappa shape index (κ3) is 4.20. The Morgan fingerprint density at radius 3 is 2.43 bits per heavy atom. The number of urea groups is 1. The highest BCUT2D eigenvalue weighted by Crippen LogP contribution is 2.23. The van der Waals surface area contributed by atoms with Crippen LogP contribution < -0.4 is 5.32 Å². The third-order valence-electron chi connectivity index (χ3n) is 3.55. The molecule has 21 heavy (non-hydrogen) atoms. The Bertz CT molecular complexity index is 552. The first-order valence-corrected chi connectivity index (χ1v) is 7.74. The maximum atomic E-state index is 12.3. The number of aromatic carboxylic acids is 1. The maximum absolute atomic E-state index is 12.3. The number of carbonyl (C=O) groups excluding carboxylic acids is 1. The summed E-state index contributed by atoms with van der Waals surface area (Å²) in [7, 11) is 0. The second-order valence-corrected chi connectivity index (χ2v) is 6.73. The first-order valence-electron chi connectivity index (χ1n) is 6.95. The summed E-state index contributed by atoms with van der Waals surface area (Å²) in [5, 5.41) is 11.8. The number of likely N-dealkylation sites (tertiary alicyclic amines) is 1. The number of halogens is 1. The molecule has 2 unspecified atom stereocenters. The predicted octanol–water partition coefficient (Wildman–Crippen LogP) is 3.66. The van der Waals surface area contributed by atoms with Crippen LogP contribution in [0.2, 0.25) is 0 Å². The van der Waals surface area contributed by atoms with E-state index in [1.165, 1.54) is 12.1 Å². The van der Waals surface area contributed by atoms with E-state index in [9.17, 15) is 9.59 Å². The molecular formula is C15H19BrN2O3. The summed E-state index contributed by atoms with van der Waals surface area (Å²) < 4.78 is 0.623. The van der Waals surface area contributed by atoms with Gasteiger partial charge in [0.2, 0.25) is 0 Å². The number of benzene rings is 1. The number of piperidine rings is 1. The molecule has 5 nitrogen and oxygen atoms in total. The predicted molar refractivity (Wildman–Crippen MR) is 84.6 cm³/mol. The molecular weight excluding hydrogens is 336 g/mol. The van der Waals surface area contributed by atoms with Crippen LogP contribution in [-0.4, -0.2) is 35.1 Å². The van der Waals surface area contributed by atoms with E-state index in [0.29, 0.717) is 22.0 Å². The van der Waals surface area contributed by atoms with Gasteiger partial charge in [-0.05, 0) is 36.5 Å². The Hall–Kier alpha value is -1.56. The second kappa shape index (κ2) is 6.47. The Balaban J connectivity index is 2.10. The minimum absolute atomic E-state index is 0.139. The molecule has 1 heterocycles. The van der Waals surface area contributed by atoms with Crippen LogP contribution in [0.1, 0.15) is 30.6 Å². The fourth-order valence-electron chi connectivity index (χ4n) is 2.82. The first-order chi connectivity index (χ1) is 9.85. The lowest BCUT2D eigenvalue weighted by Gasteiger charge is -2.34. The fraction of sp³-hybridized carbons (Fsp3) is 0.467. The number of carbonyl (C=O) groups is 2. The second-order valence-electron chi connectivity index (χ2n) is 5.81. The summed E-state index contributed by atoms with van der Waals surface area (Å²) in [6.45, 7) is 5.74. The molecule has 0 aromatic heterocycles. The van der Waals surface area contributed by atoms with Gasteiger partial charge in [0.25, 0.3) is 0 Å². The summed E-state index contributed by atoms with van der Waals surface area (Å²) in [5.41, 5.74) is 0.623. The van der Waals surface area contributed by atoms with Crippen LogP contribution in [0.4, 0.5) is 10.5 Å². The number of hydrogen-bond acceptors (Lipinski definition) is 2. The molecule has 6 heteroatoms. The Labute approximate surface area is 132 Å². The number of anilines is 1. The van der Waals surface area contributed by atoms with Crippen LogP contribution >= 0.6 is 15.9 Å². The molecule has 2 amide bonds. The number of hydrogen-bond donors (Lipinski definition) is 2. The normalized spacial score (nSPS) is 22.0. The van der Waals surface area contributed by atoms with Gasteiger partial charge in [0.15, 0.2) is 0 Å². The smallest absolute Gasteiger partial charge is 0.335 e. The van der Waals surface area contributed by atoms with E-state index in [0.717, 1.165) is 19.5 Å². The van der Waals surface area contributed by atoms with E-state index >= 15 is 0 Å². The number of nitrogens with zero attached hydrogens (tertiary/aromatic N) is 1. The molecule has 2 rings (SSSR count). The standard InChI is InChI=1S/C15H19BrN2O3/c1-9-3-10(2)8-18(7-9)15(21)17-13-5-11(14(19)20)4-12(16)6-13/h4-6,9-10H,3,7-8H2,1-2H3,(H,17,21)(H,19,20). The van der Waals surface area contributed by atoms with Gasteiger partial charge in [0.05, 0.1) is 5.56 Å². The van der Waals surface area contributed by atoms with E-state index in [1.807, 2.05) is 0 Å². The molecule has 1 aromatic carbocycles. The summed E-state index contributed by atoms with van der Waals surface area (Å²) >= 11 is 3.26. The summed E-state index contributed by atoms with van der Waals surface area (Å²) in [6.07, 6.45) is 1.13. The molecule has 1 fully saturated rings. The van der Waals surface area contributed by atoms with Gasteiger partial charge >= 0.3 is 12.0 Å². The number of rotatable bonds is 2. The monoisotopic (exact) mass is 354 g/mol. The van der Waals surface area contributed by atoms with Gasteiger partial charge in [-0.2, -0.15) is 0 Å². The van der Waals surface area contributed by atoms with Crippen molar-refractivity contribution in [2.45, 2.75) is 20.3 Å². The maximum Gasteiger partial charge on any atom is 0.335 e. The quantitative estimate of drug-likeness (QED) is 0.851. The van der Waals surface area contributed by atoms with Crippen molar-refractivity contribution in [3.63, 3.8) is 0 Å². The summed E-state index contributed by atoms with van der Waals surface area (Å²) in [6, 6.07) is 4.48. The highest BCUT2D eigenvalue weighted by Gasteiger charge is 2.25. The molecule has 1 aliphatic rings. The van der Waals surface area contributed by atoms with Crippen molar-refractivity contribution in [2.75, 3.05) is 18.4 Å². The molecule has 1 aromatic rings. The molecule has 0 bridgehead atoms. The summed E-state index contributed by atoms with van der Waals surface area (Å²) in [5.74, 6) is -0.0554. The van der Waals surface area contributed by atoms with Crippen molar-refractivity contribution in [1.29, 1.82) is 0 Å². The van der Waals surface area contributed by atoms with Gasteiger partial charge in [-0.15, -0.1) is 0 Å². The van der Waals surface area contributed by atoms with E-state index < -0.39 is 5.97 Å². The Morgan fingerprint density at radius 1 is 1.24 bits per heavy atom. The summed E-state index contributed by atoms with van der Waals surface area (Å²) in [4.78, 5) is 25.1. The number of carboxylic acid groups (broad SMARTS) is 1. The lowest BCUT2D eigenvalue weighted by atomic mass is 9.92. The molecule has 0 saturated carbocycles. The van der Waals surface area contributed by atoms with E-state index in [-0.39, 0.29) is 11.6 Å². The minimum Gasteiger partial charge on any atom is -0.478 e. The van der Waals surface area contributed by atoms with E-state index in [4.69, 9.17) is 5.11 Å². The van der Waals surface area contributed by atoms with Crippen molar-refractivity contribution >= 4 is 33.6 Å². The van der Waals surface area contributed by atoms with E-state index in [1.54, 1.807) is 11.0 Å². The van der Waals surface area contributed by atoms with Crippen LogP contribution in [0, 0.1) is 11.8 Å². The van der Waals surface area contributed by atoms with Crippen molar-refractivity contribution in [3.05, 3.63) is 28.2 Å². The topological polar surface area (TPSA) is 69.6 Å². The number of nitrogens with one attached hydrogen (secondary N) is 1. The fourth-order valence-corrected chi connectivity index (χ4v) is 3.31. The molecule has 2 atom stereocenters. The first kappa shape index (κ1) is 15.8. The Morgan fingerprint density at radius 2 is 1.86 bits per heavy atom. The van der Waals surface area contributed by atoms with Crippen LogP contribution in [0.5, 0.6) is 0 Å². The van der Waals surface area contributed by atoms with Gasteiger partial charge in [-0.25, -0.2) is 9.59 Å². The van der Waals surface area contributed by atoms with Crippen LogP contribution in [0.3, 0.4) is 0 Å². The molecule has 0 spiro atoms. The Kier molecular flexibility index (Phi) is 4.88. The van der Waals surface area contributed by atoms with Crippen LogP contribution in [0.15, 0.2) is 22.7 Å². The largest absolute Gasteiger partial charge is 0.478 e. The average molecular weight is 355 g/mol. The number of carboxylic acids is 1. The molecule has 1 saturated heterocycles. The van der Waals surface area contributed by atoms with Crippen molar-refractivity contribution in [1.82, 2.24) is 4.90 Å². The molecule has 0 radical (unpaired) electrons. The van der Waals surface area contributed by atoms with Gasteiger partial charge in [0.1, 0.15) is 0 Å². The van der Waals surface area contributed by atoms with Crippen LogP contribution in [-0.2, 0) is 0 Å². The lowest BCUT2D eigenvalue weighted by molar-refractivity contribution is 0.0696. The average Bonchev–Trinajstić information content (AvgIpc) is 2.36. The van der Waals surface area contributed by atoms with Crippen molar-refractivity contribution in [3.8, 4) is 0 Å². The van der Waals surface area contributed by atoms with Gasteiger partial charge in [-0.1, -0.05) is 29.8 Å².